The van der Waals surface area contributed by atoms with Crippen LogP contribution in [0.1, 0.15) is 57.7 Å². The third-order valence-corrected chi connectivity index (χ3v) is 5.43. The van der Waals surface area contributed by atoms with Crippen LogP contribution in [0.2, 0.25) is 0 Å². The number of carbonyl (C=O) groups excluding carboxylic acids is 2. The highest BCUT2D eigenvalue weighted by Crippen LogP contribution is 2.27. The molecule has 3 heterocycles. The number of fused-ring (bicyclic) bond motifs is 1. The number of carboxylic acids is 1. The Balaban J connectivity index is 1.65. The van der Waals surface area contributed by atoms with Gasteiger partial charge in [-0.15, -0.1) is 0 Å². The number of piperidine rings is 1. The summed E-state index contributed by atoms with van der Waals surface area (Å²) in [5, 5.41) is 9.21. The standard InChI is InChI=1S/C22H31N3O5/c1-22(2,3)30-21(29)25-13-5-6-15-8-9-17(23-19(15)25)10-11-18(26)24-12-4-7-16(14-24)20(27)28/h8-9,16H,4-7,10-14H2,1-3H3,(H,27,28)/t16-/m0/s1. The van der Waals surface area contributed by atoms with Gasteiger partial charge in [-0.2, -0.15) is 0 Å². The second kappa shape index (κ2) is 9.02. The maximum Gasteiger partial charge on any atom is 0.416 e. The van der Waals surface area contributed by atoms with Crippen molar-refractivity contribution < 1.29 is 24.2 Å². The van der Waals surface area contributed by atoms with Crippen molar-refractivity contribution in [2.75, 3.05) is 24.5 Å². The van der Waals surface area contributed by atoms with E-state index in [0.29, 0.717) is 38.2 Å². The quantitative estimate of drug-likeness (QED) is 0.808. The summed E-state index contributed by atoms with van der Waals surface area (Å²) in [7, 11) is 0. The number of nitrogens with zero attached hydrogens (tertiary/aromatic N) is 3. The van der Waals surface area contributed by atoms with Gasteiger partial charge in [0, 0.05) is 31.7 Å². The van der Waals surface area contributed by atoms with Gasteiger partial charge in [-0.3, -0.25) is 14.5 Å². The highest BCUT2D eigenvalue weighted by atomic mass is 16.6. The molecule has 0 aliphatic carbocycles. The van der Waals surface area contributed by atoms with E-state index >= 15 is 0 Å². The molecule has 30 heavy (non-hydrogen) atoms. The molecule has 1 N–H and O–H groups in total. The number of rotatable bonds is 4. The Kier molecular flexibility index (Phi) is 6.63. The van der Waals surface area contributed by atoms with Gasteiger partial charge in [0.25, 0.3) is 0 Å². The minimum absolute atomic E-state index is 0.0514. The van der Waals surface area contributed by atoms with Crippen LogP contribution in [0.15, 0.2) is 12.1 Å². The molecule has 2 aliphatic heterocycles. The van der Waals surface area contributed by atoms with Crippen molar-refractivity contribution in [3.05, 3.63) is 23.4 Å². The summed E-state index contributed by atoms with van der Waals surface area (Å²) in [6, 6.07) is 3.88. The lowest BCUT2D eigenvalue weighted by molar-refractivity contribution is -0.145. The zero-order chi connectivity index (χ0) is 21.9. The number of pyridine rings is 1. The molecule has 0 radical (unpaired) electrons. The Hall–Kier alpha value is -2.64. The first kappa shape index (κ1) is 22.1. The lowest BCUT2D eigenvalue weighted by atomic mass is 9.98. The highest BCUT2D eigenvalue weighted by Gasteiger charge is 2.30. The molecule has 1 atom stereocenters. The fourth-order valence-corrected chi connectivity index (χ4v) is 3.91. The number of hydrogen-bond donors (Lipinski definition) is 1. The summed E-state index contributed by atoms with van der Waals surface area (Å²) >= 11 is 0. The van der Waals surface area contributed by atoms with Gasteiger partial charge in [0.15, 0.2) is 0 Å². The van der Waals surface area contributed by atoms with Gasteiger partial charge < -0.3 is 14.7 Å². The van der Waals surface area contributed by atoms with Crippen molar-refractivity contribution in [3.8, 4) is 0 Å². The van der Waals surface area contributed by atoms with E-state index in [0.717, 1.165) is 24.1 Å². The fraction of sp³-hybridized carbons (Fsp3) is 0.636. The Bertz CT molecular complexity index is 817. The van der Waals surface area contributed by atoms with E-state index in [1.165, 1.54) is 0 Å². The SMILES string of the molecule is CC(C)(C)OC(=O)N1CCCc2ccc(CCC(=O)N3CCC[C@H](C(=O)O)C3)nc21. The van der Waals surface area contributed by atoms with Crippen LogP contribution in [0, 0.1) is 5.92 Å². The Morgan fingerprint density at radius 3 is 2.67 bits per heavy atom. The number of aromatic nitrogens is 1. The number of anilines is 1. The normalized spacial score (nSPS) is 19.2. The average Bonchev–Trinajstić information content (AvgIpc) is 2.70. The number of aryl methyl sites for hydroxylation is 2. The predicted molar refractivity (Wildman–Crippen MR) is 111 cm³/mol. The van der Waals surface area contributed by atoms with Crippen LogP contribution in [-0.4, -0.2) is 58.2 Å². The first-order valence-electron chi connectivity index (χ1n) is 10.6. The molecule has 3 rings (SSSR count). The number of aliphatic carboxylic acids is 1. The number of carboxylic acid groups (broad SMARTS) is 1. The van der Waals surface area contributed by atoms with E-state index in [1.807, 2.05) is 32.9 Å². The molecule has 1 aromatic rings. The van der Waals surface area contributed by atoms with Gasteiger partial charge in [0.05, 0.1) is 5.92 Å². The lowest BCUT2D eigenvalue weighted by Crippen LogP contribution is -2.42. The first-order chi connectivity index (χ1) is 14.1. The minimum atomic E-state index is -0.842. The highest BCUT2D eigenvalue weighted by molar-refractivity contribution is 5.88. The maximum absolute atomic E-state index is 12.6. The fourth-order valence-electron chi connectivity index (χ4n) is 3.91. The summed E-state index contributed by atoms with van der Waals surface area (Å²) in [6.45, 7) is 6.94. The summed E-state index contributed by atoms with van der Waals surface area (Å²) in [5.41, 5.74) is 1.16. The third-order valence-electron chi connectivity index (χ3n) is 5.43. The van der Waals surface area contributed by atoms with Crippen molar-refractivity contribution in [1.29, 1.82) is 0 Å². The van der Waals surface area contributed by atoms with Gasteiger partial charge in [0.1, 0.15) is 11.4 Å². The van der Waals surface area contributed by atoms with Gasteiger partial charge in [-0.25, -0.2) is 9.78 Å². The molecular formula is C22H31N3O5. The molecule has 164 valence electrons. The van der Waals surface area contributed by atoms with E-state index in [9.17, 15) is 19.5 Å². The maximum atomic E-state index is 12.6. The molecule has 0 saturated carbocycles. The van der Waals surface area contributed by atoms with Crippen molar-refractivity contribution in [2.24, 2.45) is 5.92 Å². The third kappa shape index (κ3) is 5.49. The number of likely N-dealkylation sites (tertiary alicyclic amines) is 1. The number of hydrogen-bond acceptors (Lipinski definition) is 5. The Morgan fingerprint density at radius 2 is 1.97 bits per heavy atom. The van der Waals surface area contributed by atoms with Crippen molar-refractivity contribution in [2.45, 2.75) is 64.9 Å². The average molecular weight is 418 g/mol. The van der Waals surface area contributed by atoms with Crippen LogP contribution in [0.3, 0.4) is 0 Å². The van der Waals surface area contributed by atoms with Crippen LogP contribution in [-0.2, 0) is 27.2 Å². The minimum Gasteiger partial charge on any atom is -0.481 e. The Morgan fingerprint density at radius 1 is 1.20 bits per heavy atom. The molecule has 2 aliphatic rings. The van der Waals surface area contributed by atoms with Crippen molar-refractivity contribution in [3.63, 3.8) is 0 Å². The largest absolute Gasteiger partial charge is 0.481 e. The second-order valence-corrected chi connectivity index (χ2v) is 9.04. The molecular weight excluding hydrogens is 386 g/mol. The molecule has 1 saturated heterocycles. The molecule has 1 fully saturated rings. The molecule has 2 amide bonds. The van der Waals surface area contributed by atoms with E-state index < -0.39 is 23.6 Å². The predicted octanol–water partition coefficient (Wildman–Crippen LogP) is 3.03. The van der Waals surface area contributed by atoms with Gasteiger partial charge in [-0.1, -0.05) is 6.07 Å². The summed E-state index contributed by atoms with van der Waals surface area (Å²) in [5.74, 6) is -0.758. The number of amides is 2. The van der Waals surface area contributed by atoms with E-state index in [1.54, 1.807) is 9.80 Å². The molecule has 0 aromatic carbocycles. The zero-order valence-electron chi connectivity index (χ0n) is 18.0. The first-order valence-corrected chi connectivity index (χ1v) is 10.6. The van der Waals surface area contributed by atoms with Crippen LogP contribution >= 0.6 is 0 Å². The van der Waals surface area contributed by atoms with Gasteiger partial charge in [0.2, 0.25) is 5.91 Å². The van der Waals surface area contributed by atoms with Crippen LogP contribution in [0.25, 0.3) is 0 Å². The lowest BCUT2D eigenvalue weighted by Gasteiger charge is -2.31. The van der Waals surface area contributed by atoms with Crippen LogP contribution < -0.4 is 4.90 Å². The summed E-state index contributed by atoms with van der Waals surface area (Å²) in [4.78, 5) is 44.3. The monoisotopic (exact) mass is 417 g/mol. The van der Waals surface area contributed by atoms with Crippen molar-refractivity contribution in [1.82, 2.24) is 9.88 Å². The Labute approximate surface area is 177 Å². The molecule has 8 heteroatoms. The van der Waals surface area contributed by atoms with Crippen molar-refractivity contribution >= 4 is 23.8 Å². The number of ether oxygens (including phenoxy) is 1. The molecule has 0 bridgehead atoms. The van der Waals surface area contributed by atoms with Gasteiger partial charge in [-0.05, 0) is 64.5 Å². The molecule has 0 spiro atoms. The van der Waals surface area contributed by atoms with Gasteiger partial charge >= 0.3 is 12.1 Å². The molecule has 8 nitrogen and oxygen atoms in total. The van der Waals surface area contributed by atoms with E-state index in [2.05, 4.69) is 4.98 Å². The summed E-state index contributed by atoms with van der Waals surface area (Å²) in [6.07, 6.45) is 3.35. The molecule has 1 aromatic heterocycles. The van der Waals surface area contributed by atoms with Crippen LogP contribution in [0.5, 0.6) is 0 Å². The van der Waals surface area contributed by atoms with Crippen LogP contribution in [0.4, 0.5) is 10.6 Å². The topological polar surface area (TPSA) is 100 Å². The smallest absolute Gasteiger partial charge is 0.416 e. The second-order valence-electron chi connectivity index (χ2n) is 9.04. The molecule has 0 unspecified atom stereocenters. The van der Waals surface area contributed by atoms with E-state index in [-0.39, 0.29) is 18.9 Å². The van der Waals surface area contributed by atoms with E-state index in [4.69, 9.17) is 4.74 Å². The summed E-state index contributed by atoms with van der Waals surface area (Å²) < 4.78 is 5.52. The number of carbonyl (C=O) groups is 3. The zero-order valence-corrected chi connectivity index (χ0v) is 18.0.